The average Bonchev–Trinajstić information content (AvgIpc) is 2.77. The molecular formula is C24H29BrN2O6S. The first kappa shape index (κ1) is 27.4. The van der Waals surface area contributed by atoms with Crippen LogP contribution in [0.5, 0.6) is 0 Å². The van der Waals surface area contributed by atoms with Crippen molar-refractivity contribution in [3.05, 3.63) is 71.8 Å². The zero-order valence-electron chi connectivity index (χ0n) is 19.0. The van der Waals surface area contributed by atoms with Crippen LogP contribution in [0.15, 0.2) is 60.7 Å². The Labute approximate surface area is 208 Å². The molecule has 2 aromatic rings. The van der Waals surface area contributed by atoms with Crippen LogP contribution in [0.4, 0.5) is 4.79 Å². The number of alkyl carbamates (subject to hydrolysis) is 1. The maximum Gasteiger partial charge on any atom is 0.408 e. The number of hydrogen-bond donors (Lipinski definition) is 3. The number of carbonyl (C=O) groups excluding carboxylic acids is 3. The second kappa shape index (κ2) is 13.1. The predicted octanol–water partition coefficient (Wildman–Crippen LogP) is 3.43. The van der Waals surface area contributed by atoms with E-state index in [-0.39, 0.29) is 31.0 Å². The van der Waals surface area contributed by atoms with E-state index in [0.717, 1.165) is 11.1 Å². The Morgan fingerprint density at radius 3 is 2.00 bits per heavy atom. The van der Waals surface area contributed by atoms with Crippen LogP contribution in [0.1, 0.15) is 17.5 Å². The van der Waals surface area contributed by atoms with Crippen LogP contribution in [-0.4, -0.2) is 59.2 Å². The lowest BCUT2D eigenvalue weighted by Crippen LogP contribution is -2.53. The number of aliphatic carboxylic acids is 1. The normalized spacial score (nSPS) is 13.3. The third kappa shape index (κ3) is 10.4. The van der Waals surface area contributed by atoms with Gasteiger partial charge in [-0.05, 0) is 38.5 Å². The molecule has 0 heterocycles. The number of carboxylic acid groups (broad SMARTS) is 1. The Bertz CT molecular complexity index is 982. The van der Waals surface area contributed by atoms with Gasteiger partial charge in [-0.3, -0.25) is 9.59 Å². The Morgan fingerprint density at radius 2 is 1.47 bits per heavy atom. The van der Waals surface area contributed by atoms with Crippen molar-refractivity contribution in [1.29, 1.82) is 0 Å². The number of halogens is 1. The molecule has 2 unspecified atom stereocenters. The summed E-state index contributed by atoms with van der Waals surface area (Å²) in [5.41, 5.74) is 1.54. The van der Waals surface area contributed by atoms with Crippen molar-refractivity contribution in [2.75, 3.05) is 18.3 Å². The molecule has 8 nitrogen and oxygen atoms in total. The smallest absolute Gasteiger partial charge is 0.408 e. The quantitative estimate of drug-likeness (QED) is 0.370. The molecule has 2 rings (SSSR count). The van der Waals surface area contributed by atoms with Gasteiger partial charge in [0.25, 0.3) is 0 Å². The van der Waals surface area contributed by atoms with Gasteiger partial charge in [-0.15, -0.1) is 0 Å². The molecule has 3 N–H and O–H groups in total. The standard InChI is InChI=1S/C24H29BrN2O6S/c1-34(2,25)16-19(28)14-21(23(30)31)26-22(29)20(13-17-9-5-3-6-10-17)27-24(32)33-15-18-11-7-4-8-12-18/h3-12,20-21H,13-16H2,1-2H3,(H,26,29)(H,27,32)(H,30,31). The van der Waals surface area contributed by atoms with Crippen molar-refractivity contribution < 1.29 is 29.0 Å². The minimum Gasteiger partial charge on any atom is -0.480 e. The van der Waals surface area contributed by atoms with Crippen molar-refractivity contribution >= 4 is 47.0 Å². The van der Waals surface area contributed by atoms with E-state index in [1.165, 1.54) is 0 Å². The van der Waals surface area contributed by atoms with Gasteiger partial charge in [-0.25, -0.2) is 9.59 Å². The zero-order valence-corrected chi connectivity index (χ0v) is 21.4. The highest BCUT2D eigenvalue weighted by Gasteiger charge is 2.29. The average molecular weight is 553 g/mol. The summed E-state index contributed by atoms with van der Waals surface area (Å²) in [4.78, 5) is 49.4. The molecule has 0 aromatic heterocycles. The van der Waals surface area contributed by atoms with Crippen LogP contribution in [0.3, 0.4) is 0 Å². The topological polar surface area (TPSA) is 122 Å². The van der Waals surface area contributed by atoms with Crippen molar-refractivity contribution in [2.24, 2.45) is 0 Å². The second-order valence-electron chi connectivity index (χ2n) is 8.14. The van der Waals surface area contributed by atoms with Gasteiger partial charge in [0.05, 0.1) is 0 Å². The van der Waals surface area contributed by atoms with E-state index in [1.807, 2.05) is 36.8 Å². The molecule has 0 fully saturated rings. The number of Topliss-reactive ketones (excluding diaryl/α,β-unsaturated/α-hetero) is 1. The van der Waals surface area contributed by atoms with Crippen molar-refractivity contribution in [1.82, 2.24) is 10.6 Å². The first-order chi connectivity index (χ1) is 16.0. The number of rotatable bonds is 12. The Balaban J connectivity index is 2.08. The molecule has 0 aliphatic heterocycles. The van der Waals surface area contributed by atoms with Crippen LogP contribution in [-0.2, 0) is 32.1 Å². The van der Waals surface area contributed by atoms with E-state index >= 15 is 0 Å². The zero-order chi connectivity index (χ0) is 25.1. The van der Waals surface area contributed by atoms with E-state index in [1.54, 1.807) is 36.4 Å². The van der Waals surface area contributed by atoms with Crippen LogP contribution in [0, 0.1) is 0 Å². The van der Waals surface area contributed by atoms with E-state index in [0.29, 0.717) is 0 Å². The van der Waals surface area contributed by atoms with Gasteiger partial charge < -0.3 is 20.5 Å². The van der Waals surface area contributed by atoms with Crippen LogP contribution >= 0.6 is 23.3 Å². The number of nitrogens with one attached hydrogen (secondary N) is 2. The fourth-order valence-electron chi connectivity index (χ4n) is 3.11. The fourth-order valence-corrected chi connectivity index (χ4v) is 4.76. The van der Waals surface area contributed by atoms with Gasteiger partial charge in [0.1, 0.15) is 24.5 Å². The van der Waals surface area contributed by atoms with Crippen molar-refractivity contribution in [2.45, 2.75) is 31.5 Å². The molecule has 0 aliphatic carbocycles. The largest absolute Gasteiger partial charge is 0.480 e. The van der Waals surface area contributed by atoms with Crippen LogP contribution in [0.2, 0.25) is 0 Å². The van der Waals surface area contributed by atoms with E-state index in [2.05, 4.69) is 25.4 Å². The third-order valence-corrected chi connectivity index (χ3v) is 6.35. The summed E-state index contributed by atoms with van der Waals surface area (Å²) in [6, 6.07) is 15.5. The summed E-state index contributed by atoms with van der Waals surface area (Å²) in [7, 11) is -1.34. The number of benzene rings is 2. The maximum absolute atomic E-state index is 13.0. The lowest BCUT2D eigenvalue weighted by atomic mass is 10.0. The fraction of sp³-hybridized carbons (Fsp3) is 0.333. The number of hydrogen-bond acceptors (Lipinski definition) is 5. The Morgan fingerprint density at radius 1 is 0.912 bits per heavy atom. The summed E-state index contributed by atoms with van der Waals surface area (Å²) in [5.74, 6) is -2.13. The third-order valence-electron chi connectivity index (χ3n) is 4.65. The molecule has 0 bridgehead atoms. The van der Waals surface area contributed by atoms with Crippen molar-refractivity contribution in [3.63, 3.8) is 0 Å². The lowest BCUT2D eigenvalue weighted by Gasteiger charge is -2.24. The molecule has 0 radical (unpaired) electrons. The highest BCUT2D eigenvalue weighted by Crippen LogP contribution is 2.47. The van der Waals surface area contributed by atoms with Gasteiger partial charge in [0.2, 0.25) is 5.91 Å². The maximum atomic E-state index is 13.0. The van der Waals surface area contributed by atoms with Crippen molar-refractivity contribution in [3.8, 4) is 0 Å². The Kier molecular flexibility index (Phi) is 10.6. The molecule has 34 heavy (non-hydrogen) atoms. The monoisotopic (exact) mass is 552 g/mol. The molecule has 2 amide bonds. The molecule has 0 saturated heterocycles. The summed E-state index contributed by atoms with van der Waals surface area (Å²) < 4.78 is 5.22. The highest BCUT2D eigenvalue weighted by molar-refractivity contribution is 9.58. The molecular weight excluding hydrogens is 524 g/mol. The molecule has 2 aromatic carbocycles. The van der Waals surface area contributed by atoms with E-state index < -0.39 is 38.5 Å². The molecule has 184 valence electrons. The van der Waals surface area contributed by atoms with Gasteiger partial charge in [-0.2, -0.15) is 8.46 Å². The predicted molar refractivity (Wildman–Crippen MR) is 136 cm³/mol. The number of carbonyl (C=O) groups is 4. The highest BCUT2D eigenvalue weighted by atomic mass is 79.9. The molecule has 0 spiro atoms. The van der Waals surface area contributed by atoms with E-state index in [4.69, 9.17) is 4.74 Å². The number of ether oxygens (including phenoxy) is 1. The lowest BCUT2D eigenvalue weighted by molar-refractivity contribution is -0.143. The summed E-state index contributed by atoms with van der Waals surface area (Å²) >= 11 is 3.44. The van der Waals surface area contributed by atoms with Crippen LogP contribution < -0.4 is 10.6 Å². The second-order valence-corrected chi connectivity index (χ2v) is 16.5. The summed E-state index contributed by atoms with van der Waals surface area (Å²) in [5, 5.41) is 14.5. The van der Waals surface area contributed by atoms with Gasteiger partial charge in [0, 0.05) is 18.6 Å². The van der Waals surface area contributed by atoms with Gasteiger partial charge >= 0.3 is 12.1 Å². The minimum atomic E-state index is -1.41. The number of carboxylic acids is 1. The first-order valence-electron chi connectivity index (χ1n) is 10.5. The Hall–Kier alpha value is -2.85. The SMILES string of the molecule is CS(C)(Br)CC(=O)CC(NC(=O)C(Cc1ccccc1)NC(=O)OCc1ccccc1)C(=O)O. The first-order valence-corrected chi connectivity index (χ1v) is 15.0. The summed E-state index contributed by atoms with van der Waals surface area (Å²) in [6.45, 7) is 0.0171. The molecule has 0 saturated carbocycles. The number of amides is 2. The number of ketones is 1. The van der Waals surface area contributed by atoms with E-state index in [9.17, 15) is 24.3 Å². The molecule has 10 heteroatoms. The molecule has 2 atom stereocenters. The van der Waals surface area contributed by atoms with Crippen LogP contribution in [0.25, 0.3) is 0 Å². The van der Waals surface area contributed by atoms with Gasteiger partial charge in [-0.1, -0.05) is 60.7 Å². The summed E-state index contributed by atoms with van der Waals surface area (Å²) in [6.07, 6.45) is 2.71. The minimum absolute atomic E-state index is 0.0171. The van der Waals surface area contributed by atoms with Gasteiger partial charge in [0.15, 0.2) is 0 Å². The molecule has 0 aliphatic rings.